The normalized spacial score (nSPS) is 16.4. The van der Waals surface area contributed by atoms with E-state index < -0.39 is 4.92 Å². The molecule has 0 spiro atoms. The molecule has 2 aromatic carbocycles. The van der Waals surface area contributed by atoms with Crippen LogP contribution >= 0.6 is 11.8 Å². The molecule has 1 aromatic heterocycles. The van der Waals surface area contributed by atoms with Crippen LogP contribution in [0.5, 0.6) is 0 Å². The second-order valence-corrected chi connectivity index (χ2v) is 8.01. The highest BCUT2D eigenvalue weighted by atomic mass is 32.2. The van der Waals surface area contributed by atoms with Crippen molar-refractivity contribution >= 4 is 29.0 Å². The number of thioether (sulfide) groups is 1. The van der Waals surface area contributed by atoms with Gasteiger partial charge in [-0.1, -0.05) is 42.1 Å². The van der Waals surface area contributed by atoms with Gasteiger partial charge in [-0.3, -0.25) is 14.9 Å². The van der Waals surface area contributed by atoms with Crippen molar-refractivity contribution in [2.45, 2.75) is 23.8 Å². The van der Waals surface area contributed by atoms with Gasteiger partial charge in [0.2, 0.25) is 5.91 Å². The second kappa shape index (κ2) is 7.67. The Morgan fingerprint density at radius 1 is 1.17 bits per heavy atom. The maximum absolute atomic E-state index is 12.9. The highest BCUT2D eigenvalue weighted by Crippen LogP contribution is 2.34. The van der Waals surface area contributed by atoms with Gasteiger partial charge in [-0.2, -0.15) is 0 Å². The van der Waals surface area contributed by atoms with Gasteiger partial charge < -0.3 is 9.47 Å². The Labute approximate surface area is 171 Å². The Morgan fingerprint density at radius 2 is 1.97 bits per heavy atom. The zero-order valence-electron chi connectivity index (χ0n) is 16.0. The van der Waals surface area contributed by atoms with E-state index in [-0.39, 0.29) is 16.8 Å². The maximum atomic E-state index is 12.9. The molecule has 148 valence electrons. The molecule has 0 radical (unpaired) electrons. The molecule has 1 unspecified atom stereocenters. The Hall–Kier alpha value is -3.20. The molecule has 3 aromatic rings. The number of amides is 1. The Balaban J connectivity index is 1.53. The number of anilines is 1. The molecule has 1 aliphatic heterocycles. The highest BCUT2D eigenvalue weighted by Gasteiger charge is 2.35. The number of nitro groups is 1. The average Bonchev–Trinajstić information content (AvgIpc) is 3.26. The molecular weight excluding hydrogens is 390 g/mol. The summed E-state index contributed by atoms with van der Waals surface area (Å²) >= 11 is 1.38. The van der Waals surface area contributed by atoms with Crippen LogP contribution in [0.25, 0.3) is 11.4 Å². The number of nitro benzene ring substituents is 1. The Kier molecular flexibility index (Phi) is 5.06. The van der Waals surface area contributed by atoms with Gasteiger partial charge in [0.15, 0.2) is 11.0 Å². The van der Waals surface area contributed by atoms with Crippen molar-refractivity contribution < 1.29 is 9.72 Å². The quantitative estimate of drug-likeness (QED) is 0.472. The van der Waals surface area contributed by atoms with Crippen molar-refractivity contribution in [3.05, 3.63) is 64.2 Å². The maximum Gasteiger partial charge on any atom is 0.271 e. The first-order valence-electron chi connectivity index (χ1n) is 9.13. The number of hydrogen-bond donors (Lipinski definition) is 0. The van der Waals surface area contributed by atoms with Crippen molar-refractivity contribution in [1.82, 2.24) is 14.8 Å². The van der Waals surface area contributed by atoms with Gasteiger partial charge in [0, 0.05) is 31.3 Å². The minimum atomic E-state index is -0.455. The largest absolute Gasteiger partial charge is 0.311 e. The van der Waals surface area contributed by atoms with E-state index in [1.807, 2.05) is 42.8 Å². The molecule has 0 N–H and O–H groups in total. The van der Waals surface area contributed by atoms with Crippen LogP contribution in [0.3, 0.4) is 0 Å². The Bertz CT molecular complexity index is 1100. The van der Waals surface area contributed by atoms with Crippen LogP contribution in [0.2, 0.25) is 0 Å². The molecule has 1 saturated heterocycles. The van der Waals surface area contributed by atoms with Gasteiger partial charge in [-0.05, 0) is 25.0 Å². The van der Waals surface area contributed by atoms with Crippen LogP contribution in [-0.2, 0) is 11.8 Å². The van der Waals surface area contributed by atoms with E-state index in [2.05, 4.69) is 10.2 Å². The lowest BCUT2D eigenvalue weighted by molar-refractivity contribution is -0.384. The minimum absolute atomic E-state index is 0.0254. The van der Waals surface area contributed by atoms with Crippen molar-refractivity contribution in [3.63, 3.8) is 0 Å². The first-order valence-corrected chi connectivity index (χ1v) is 10.0. The first kappa shape index (κ1) is 19.1. The zero-order valence-corrected chi connectivity index (χ0v) is 16.8. The summed E-state index contributed by atoms with van der Waals surface area (Å²) in [6, 6.07) is 14.1. The number of carbonyl (C=O) groups is 1. The van der Waals surface area contributed by atoms with E-state index in [0.717, 1.165) is 17.0 Å². The predicted molar refractivity (Wildman–Crippen MR) is 111 cm³/mol. The van der Waals surface area contributed by atoms with E-state index in [0.29, 0.717) is 23.8 Å². The molecule has 0 bridgehead atoms. The number of aromatic nitrogens is 3. The lowest BCUT2D eigenvalue weighted by atomic mass is 10.1. The molecule has 1 atom stereocenters. The summed E-state index contributed by atoms with van der Waals surface area (Å²) in [5.41, 5.74) is 2.63. The van der Waals surface area contributed by atoms with Gasteiger partial charge in [0.05, 0.1) is 15.9 Å². The lowest BCUT2D eigenvalue weighted by Gasteiger charge is -2.16. The molecule has 1 aliphatic rings. The number of non-ortho nitro benzene ring substituents is 1. The van der Waals surface area contributed by atoms with E-state index in [1.165, 1.54) is 23.9 Å². The summed E-state index contributed by atoms with van der Waals surface area (Å²) in [5.74, 6) is 0.683. The van der Waals surface area contributed by atoms with Crippen molar-refractivity contribution in [2.24, 2.45) is 7.05 Å². The van der Waals surface area contributed by atoms with Crippen LogP contribution < -0.4 is 4.90 Å². The fourth-order valence-corrected chi connectivity index (χ4v) is 4.44. The molecule has 9 heteroatoms. The molecule has 4 rings (SSSR count). The number of hydrogen-bond acceptors (Lipinski definition) is 6. The number of aryl methyl sites for hydroxylation is 1. The zero-order chi connectivity index (χ0) is 20.5. The Morgan fingerprint density at radius 3 is 2.72 bits per heavy atom. The highest BCUT2D eigenvalue weighted by molar-refractivity contribution is 8.00. The summed E-state index contributed by atoms with van der Waals surface area (Å²) in [4.78, 5) is 25.1. The van der Waals surface area contributed by atoms with E-state index >= 15 is 0 Å². The molecule has 1 fully saturated rings. The molecular formula is C20H19N5O3S. The summed E-state index contributed by atoms with van der Waals surface area (Å²) in [6.07, 6.45) is 0.638. The third kappa shape index (κ3) is 3.61. The molecule has 8 nitrogen and oxygen atoms in total. The van der Waals surface area contributed by atoms with Crippen molar-refractivity contribution in [3.8, 4) is 11.4 Å². The summed E-state index contributed by atoms with van der Waals surface area (Å²) < 4.78 is 1.90. The molecule has 2 heterocycles. The van der Waals surface area contributed by atoms with Crippen LogP contribution in [0.15, 0.2) is 53.7 Å². The molecule has 0 aliphatic carbocycles. The summed E-state index contributed by atoms with van der Waals surface area (Å²) in [7, 11) is 1.89. The third-order valence-electron chi connectivity index (χ3n) is 4.98. The van der Waals surface area contributed by atoms with Gasteiger partial charge >= 0.3 is 0 Å². The topological polar surface area (TPSA) is 94.2 Å². The summed E-state index contributed by atoms with van der Waals surface area (Å²) in [6.45, 7) is 2.54. The standard InChI is InChI=1S/C20H19N5O3S/c1-13-6-3-4-9-16(13)18-21-22-20(23(18)2)29-17-10-11-24(19(17)26)14-7-5-8-15(12-14)25(27)28/h3-9,12,17H,10-11H2,1-2H3. The number of benzene rings is 2. The minimum Gasteiger partial charge on any atom is -0.311 e. The van der Waals surface area contributed by atoms with Crippen LogP contribution in [-0.4, -0.2) is 37.4 Å². The van der Waals surface area contributed by atoms with Gasteiger partial charge in [0.25, 0.3) is 5.69 Å². The van der Waals surface area contributed by atoms with Gasteiger partial charge in [-0.15, -0.1) is 10.2 Å². The molecule has 1 amide bonds. The number of rotatable bonds is 5. The number of carbonyl (C=O) groups excluding carboxylic acids is 1. The van der Waals surface area contributed by atoms with Crippen molar-refractivity contribution in [1.29, 1.82) is 0 Å². The SMILES string of the molecule is Cc1ccccc1-c1nnc(SC2CCN(c3cccc([N+](=O)[O-])c3)C2=O)n1C. The van der Waals surface area contributed by atoms with E-state index in [4.69, 9.17) is 0 Å². The van der Waals surface area contributed by atoms with E-state index in [1.54, 1.807) is 17.0 Å². The van der Waals surface area contributed by atoms with Crippen LogP contribution in [0, 0.1) is 17.0 Å². The van der Waals surface area contributed by atoms with Gasteiger partial charge in [-0.25, -0.2) is 0 Å². The fourth-order valence-electron chi connectivity index (χ4n) is 3.40. The smallest absolute Gasteiger partial charge is 0.271 e. The van der Waals surface area contributed by atoms with Gasteiger partial charge in [0.1, 0.15) is 0 Å². The molecule has 29 heavy (non-hydrogen) atoms. The lowest BCUT2D eigenvalue weighted by Crippen LogP contribution is -2.28. The number of nitrogens with zero attached hydrogens (tertiary/aromatic N) is 5. The van der Waals surface area contributed by atoms with E-state index in [9.17, 15) is 14.9 Å². The molecule has 0 saturated carbocycles. The average molecular weight is 409 g/mol. The fraction of sp³-hybridized carbons (Fsp3) is 0.250. The summed E-state index contributed by atoms with van der Waals surface area (Å²) in [5, 5.41) is 20.0. The van der Waals surface area contributed by atoms with Crippen molar-refractivity contribution in [2.75, 3.05) is 11.4 Å². The second-order valence-electron chi connectivity index (χ2n) is 6.84. The monoisotopic (exact) mass is 409 g/mol. The van der Waals surface area contributed by atoms with Crippen LogP contribution in [0.4, 0.5) is 11.4 Å². The predicted octanol–water partition coefficient (Wildman–Crippen LogP) is 3.60. The third-order valence-corrected chi connectivity index (χ3v) is 6.27. The first-order chi connectivity index (χ1) is 14.0. The van der Waals surface area contributed by atoms with Crippen LogP contribution in [0.1, 0.15) is 12.0 Å².